The fraction of sp³-hybridized carbons (Fsp3) is 0.267. The Morgan fingerprint density at radius 2 is 2.32 bits per heavy atom. The molecule has 2 rings (SSSR count). The molecule has 0 fully saturated rings. The lowest BCUT2D eigenvalue weighted by Gasteiger charge is -2.07. The number of hydrogen-bond donors (Lipinski definition) is 1. The van der Waals surface area contributed by atoms with Crippen molar-refractivity contribution in [3.63, 3.8) is 0 Å². The van der Waals surface area contributed by atoms with E-state index in [0.717, 1.165) is 23.4 Å². The van der Waals surface area contributed by atoms with Crippen molar-refractivity contribution < 1.29 is 9.84 Å². The van der Waals surface area contributed by atoms with E-state index in [9.17, 15) is 0 Å². The summed E-state index contributed by atoms with van der Waals surface area (Å²) in [7, 11) is 1.63. The van der Waals surface area contributed by atoms with Crippen molar-refractivity contribution >= 4 is 0 Å². The summed E-state index contributed by atoms with van der Waals surface area (Å²) < 4.78 is 7.27. The number of imidazole rings is 1. The van der Waals surface area contributed by atoms with E-state index in [0.29, 0.717) is 6.42 Å². The molecule has 0 bridgehead atoms. The zero-order valence-corrected chi connectivity index (χ0v) is 10.8. The van der Waals surface area contributed by atoms with Crippen LogP contribution in [0.1, 0.15) is 17.5 Å². The molecule has 1 heterocycles. The van der Waals surface area contributed by atoms with Crippen LogP contribution in [0.4, 0.5) is 0 Å². The lowest BCUT2D eigenvalue weighted by atomic mass is 10.1. The van der Waals surface area contributed by atoms with Gasteiger partial charge in [-0.2, -0.15) is 0 Å². The highest BCUT2D eigenvalue weighted by Crippen LogP contribution is 2.19. The first-order valence-corrected chi connectivity index (χ1v) is 6.06. The first-order chi connectivity index (χ1) is 9.33. The van der Waals surface area contributed by atoms with Gasteiger partial charge >= 0.3 is 0 Å². The third-order valence-corrected chi connectivity index (χ3v) is 2.65. The fourth-order valence-corrected chi connectivity index (χ4v) is 1.76. The number of aliphatic hydroxyl groups excluding tert-OH is 1. The average Bonchev–Trinajstić information content (AvgIpc) is 2.92. The number of benzene rings is 1. The Hall–Kier alpha value is -2.25. The van der Waals surface area contributed by atoms with Gasteiger partial charge in [0, 0.05) is 25.4 Å². The van der Waals surface area contributed by atoms with E-state index < -0.39 is 0 Å². The first kappa shape index (κ1) is 13.2. The topological polar surface area (TPSA) is 47.3 Å². The van der Waals surface area contributed by atoms with E-state index in [-0.39, 0.29) is 6.61 Å². The highest BCUT2D eigenvalue weighted by molar-refractivity contribution is 5.48. The van der Waals surface area contributed by atoms with Gasteiger partial charge < -0.3 is 14.4 Å². The van der Waals surface area contributed by atoms with E-state index in [1.54, 1.807) is 19.6 Å². The number of hydrogen-bond acceptors (Lipinski definition) is 3. The zero-order valence-electron chi connectivity index (χ0n) is 10.8. The molecule has 0 saturated heterocycles. The van der Waals surface area contributed by atoms with Crippen molar-refractivity contribution in [1.82, 2.24) is 9.55 Å². The highest BCUT2D eigenvalue weighted by atomic mass is 16.5. The van der Waals surface area contributed by atoms with Crippen molar-refractivity contribution in [2.24, 2.45) is 0 Å². The summed E-state index contributed by atoms with van der Waals surface area (Å²) in [5.41, 5.74) is 1.97. The normalized spacial score (nSPS) is 9.79. The number of ether oxygens (including phenoxy) is 1. The molecule has 0 saturated carbocycles. The van der Waals surface area contributed by atoms with Crippen LogP contribution in [0.5, 0.6) is 5.75 Å². The van der Waals surface area contributed by atoms with Crippen molar-refractivity contribution in [2.75, 3.05) is 13.7 Å². The van der Waals surface area contributed by atoms with Gasteiger partial charge in [-0.25, -0.2) is 4.98 Å². The van der Waals surface area contributed by atoms with Crippen LogP contribution in [0.3, 0.4) is 0 Å². The fourth-order valence-electron chi connectivity index (χ4n) is 1.76. The zero-order chi connectivity index (χ0) is 13.5. The Kier molecular flexibility index (Phi) is 4.60. The second-order valence-electron chi connectivity index (χ2n) is 4.05. The van der Waals surface area contributed by atoms with Crippen molar-refractivity contribution in [3.05, 3.63) is 48.0 Å². The van der Waals surface area contributed by atoms with Crippen LogP contribution < -0.4 is 4.74 Å². The van der Waals surface area contributed by atoms with Crippen LogP contribution in [0, 0.1) is 11.8 Å². The van der Waals surface area contributed by atoms with E-state index in [1.165, 1.54) is 0 Å². The van der Waals surface area contributed by atoms with E-state index in [2.05, 4.69) is 16.8 Å². The Morgan fingerprint density at radius 1 is 1.42 bits per heavy atom. The predicted octanol–water partition coefficient (Wildman–Crippen LogP) is 1.67. The Bertz CT molecular complexity index is 580. The molecule has 0 aliphatic carbocycles. The van der Waals surface area contributed by atoms with Gasteiger partial charge in [0.1, 0.15) is 5.75 Å². The van der Waals surface area contributed by atoms with E-state index in [1.807, 2.05) is 29.0 Å². The maximum atomic E-state index is 8.75. The summed E-state index contributed by atoms with van der Waals surface area (Å²) in [6, 6.07) is 5.93. The number of aliphatic hydroxyl groups is 1. The van der Waals surface area contributed by atoms with Crippen LogP contribution in [0.15, 0.2) is 36.9 Å². The smallest absolute Gasteiger partial charge is 0.134 e. The van der Waals surface area contributed by atoms with E-state index in [4.69, 9.17) is 9.84 Å². The minimum atomic E-state index is 0.0735. The molecule has 1 aromatic heterocycles. The van der Waals surface area contributed by atoms with Crippen LogP contribution >= 0.6 is 0 Å². The third kappa shape index (κ3) is 3.60. The van der Waals surface area contributed by atoms with Crippen molar-refractivity contribution in [2.45, 2.75) is 13.0 Å². The molecule has 19 heavy (non-hydrogen) atoms. The van der Waals surface area contributed by atoms with Gasteiger partial charge in [0.15, 0.2) is 0 Å². The monoisotopic (exact) mass is 256 g/mol. The van der Waals surface area contributed by atoms with Gasteiger partial charge in [-0.05, 0) is 17.7 Å². The minimum Gasteiger partial charge on any atom is -0.495 e. The average molecular weight is 256 g/mol. The molecule has 4 nitrogen and oxygen atoms in total. The van der Waals surface area contributed by atoms with Gasteiger partial charge in [-0.15, -0.1) is 0 Å². The van der Waals surface area contributed by atoms with E-state index >= 15 is 0 Å². The van der Waals surface area contributed by atoms with Crippen molar-refractivity contribution in [3.8, 4) is 17.6 Å². The molecule has 0 atom stereocenters. The second kappa shape index (κ2) is 6.62. The molecule has 98 valence electrons. The van der Waals surface area contributed by atoms with Gasteiger partial charge in [0.05, 0.1) is 25.6 Å². The molecule has 0 aliphatic rings. The molecule has 0 aliphatic heterocycles. The van der Waals surface area contributed by atoms with Gasteiger partial charge in [0.2, 0.25) is 0 Å². The molecule has 1 N–H and O–H groups in total. The second-order valence-corrected chi connectivity index (χ2v) is 4.05. The van der Waals surface area contributed by atoms with Gasteiger partial charge in [-0.3, -0.25) is 0 Å². The first-order valence-electron chi connectivity index (χ1n) is 6.06. The lowest BCUT2D eigenvalue weighted by molar-refractivity contribution is 0.305. The molecule has 4 heteroatoms. The maximum Gasteiger partial charge on any atom is 0.134 e. The minimum absolute atomic E-state index is 0.0735. The molecular weight excluding hydrogens is 240 g/mol. The number of nitrogens with zero attached hydrogens (tertiary/aromatic N) is 2. The Balaban J connectivity index is 2.23. The summed E-state index contributed by atoms with van der Waals surface area (Å²) >= 11 is 0. The van der Waals surface area contributed by atoms with Crippen LogP contribution in [-0.2, 0) is 6.54 Å². The van der Waals surface area contributed by atoms with Gasteiger partial charge in [0.25, 0.3) is 0 Å². The summed E-state index contributed by atoms with van der Waals surface area (Å²) in [5, 5.41) is 8.75. The molecule has 2 aromatic rings. The SMILES string of the molecule is COc1ccc(Cn2ccnc2)cc1C#CCCO. The molecule has 0 unspecified atom stereocenters. The summed E-state index contributed by atoms with van der Waals surface area (Å²) in [4.78, 5) is 4.02. The Morgan fingerprint density at radius 3 is 3.00 bits per heavy atom. The van der Waals surface area contributed by atoms with Crippen LogP contribution in [-0.4, -0.2) is 28.4 Å². The quantitative estimate of drug-likeness (QED) is 0.847. The number of rotatable bonds is 4. The van der Waals surface area contributed by atoms with Crippen LogP contribution in [0.2, 0.25) is 0 Å². The number of aromatic nitrogens is 2. The highest BCUT2D eigenvalue weighted by Gasteiger charge is 2.02. The molecule has 0 amide bonds. The van der Waals surface area contributed by atoms with Crippen molar-refractivity contribution in [1.29, 1.82) is 0 Å². The van der Waals surface area contributed by atoms with Crippen LogP contribution in [0.25, 0.3) is 0 Å². The maximum absolute atomic E-state index is 8.75. The molecule has 1 aromatic carbocycles. The predicted molar refractivity (Wildman–Crippen MR) is 72.9 cm³/mol. The van der Waals surface area contributed by atoms with Gasteiger partial charge in [-0.1, -0.05) is 17.9 Å². The summed E-state index contributed by atoms with van der Waals surface area (Å²) in [6.45, 7) is 0.822. The third-order valence-electron chi connectivity index (χ3n) is 2.65. The molecule has 0 radical (unpaired) electrons. The standard InChI is InChI=1S/C15H16N2O2/c1-19-15-6-5-13(11-17-8-7-16-12-17)10-14(15)4-2-3-9-18/h5-8,10,12,18H,3,9,11H2,1H3. The molecular formula is C15H16N2O2. The lowest BCUT2D eigenvalue weighted by Crippen LogP contribution is -1.98. The molecule has 0 spiro atoms. The number of methoxy groups -OCH3 is 1. The summed E-state index contributed by atoms with van der Waals surface area (Å²) in [5.74, 6) is 6.69. The summed E-state index contributed by atoms with van der Waals surface area (Å²) in [6.07, 6.45) is 5.92. The Labute approximate surface area is 112 Å². The largest absolute Gasteiger partial charge is 0.495 e.